The van der Waals surface area contributed by atoms with Crippen molar-refractivity contribution in [1.29, 1.82) is 0 Å². The van der Waals surface area contributed by atoms with Gasteiger partial charge < -0.3 is 15.4 Å². The maximum Gasteiger partial charge on any atom is 0.239 e. The second-order valence-corrected chi connectivity index (χ2v) is 4.95. The van der Waals surface area contributed by atoms with E-state index in [0.717, 1.165) is 5.75 Å². The van der Waals surface area contributed by atoms with E-state index in [2.05, 4.69) is 6.07 Å². The molecule has 1 atom stereocenters. The first-order valence-corrected chi connectivity index (χ1v) is 6.65. The second kappa shape index (κ2) is 7.14. The Bertz CT molecular complexity index is 412. The number of nitrogens with two attached hydrogens (primary N) is 1. The highest BCUT2D eigenvalue weighted by atomic mass is 16.5. The van der Waals surface area contributed by atoms with Crippen molar-refractivity contribution >= 4 is 5.91 Å². The third kappa shape index (κ3) is 4.91. The lowest BCUT2D eigenvalue weighted by molar-refractivity contribution is -0.131. The van der Waals surface area contributed by atoms with Crippen molar-refractivity contribution in [2.75, 3.05) is 20.2 Å². The number of carbonyl (C=O) groups is 1. The first kappa shape index (κ1) is 15.5. The fraction of sp³-hybridized carbons (Fsp3) is 0.533. The third-order valence-corrected chi connectivity index (χ3v) is 3.02. The second-order valence-electron chi connectivity index (χ2n) is 4.95. The molecule has 0 unspecified atom stereocenters. The maximum atomic E-state index is 11.8. The van der Waals surface area contributed by atoms with Crippen LogP contribution in [0.25, 0.3) is 0 Å². The Morgan fingerprint density at radius 2 is 1.89 bits per heavy atom. The van der Waals surface area contributed by atoms with Gasteiger partial charge in [-0.3, -0.25) is 4.79 Å². The monoisotopic (exact) mass is 264 g/mol. The van der Waals surface area contributed by atoms with Gasteiger partial charge in [0.2, 0.25) is 5.91 Å². The van der Waals surface area contributed by atoms with Gasteiger partial charge in [-0.1, -0.05) is 13.0 Å². The van der Waals surface area contributed by atoms with E-state index in [0.29, 0.717) is 19.6 Å². The molecule has 0 aliphatic rings. The molecule has 4 heteroatoms. The highest BCUT2D eigenvalue weighted by Gasteiger charge is 2.15. The summed E-state index contributed by atoms with van der Waals surface area (Å²) in [5.74, 6) is 0.810. The van der Waals surface area contributed by atoms with Gasteiger partial charge in [-0.25, -0.2) is 0 Å². The zero-order valence-corrected chi connectivity index (χ0v) is 12.3. The Kier molecular flexibility index (Phi) is 5.83. The fourth-order valence-electron chi connectivity index (χ4n) is 1.88. The minimum absolute atomic E-state index is 0.0356. The maximum absolute atomic E-state index is 11.8. The van der Waals surface area contributed by atoms with Gasteiger partial charge in [-0.05, 0) is 43.5 Å². The van der Waals surface area contributed by atoms with E-state index in [-0.39, 0.29) is 5.91 Å². The first-order valence-electron chi connectivity index (χ1n) is 6.65. The number of aryl methyl sites for hydroxylation is 2. The van der Waals surface area contributed by atoms with Crippen LogP contribution < -0.4 is 10.5 Å². The number of carbonyl (C=O) groups excluding carboxylic acids is 1. The minimum Gasteiger partial charge on any atom is -0.492 e. The predicted molar refractivity (Wildman–Crippen MR) is 77.3 cm³/mol. The Balaban J connectivity index is 2.43. The Morgan fingerprint density at radius 1 is 1.32 bits per heavy atom. The normalized spacial score (nSPS) is 12.1. The molecule has 0 fully saturated rings. The van der Waals surface area contributed by atoms with Crippen molar-refractivity contribution in [3.05, 3.63) is 29.3 Å². The van der Waals surface area contributed by atoms with Crippen molar-refractivity contribution in [3.63, 3.8) is 0 Å². The van der Waals surface area contributed by atoms with Crippen LogP contribution in [0.15, 0.2) is 18.2 Å². The number of rotatable bonds is 6. The first-order chi connectivity index (χ1) is 8.93. The SMILES string of the molecule is CC[C@H](N)C(=O)N(C)CCOc1cc(C)cc(C)c1. The smallest absolute Gasteiger partial charge is 0.239 e. The molecule has 4 nitrogen and oxygen atoms in total. The number of benzene rings is 1. The summed E-state index contributed by atoms with van der Waals surface area (Å²) >= 11 is 0. The summed E-state index contributed by atoms with van der Waals surface area (Å²) < 4.78 is 5.67. The molecule has 0 aliphatic heterocycles. The van der Waals surface area contributed by atoms with Gasteiger partial charge in [0.25, 0.3) is 0 Å². The van der Waals surface area contributed by atoms with Gasteiger partial charge in [-0.2, -0.15) is 0 Å². The summed E-state index contributed by atoms with van der Waals surface area (Å²) in [6, 6.07) is 5.67. The van der Waals surface area contributed by atoms with Gasteiger partial charge in [0.05, 0.1) is 12.6 Å². The largest absolute Gasteiger partial charge is 0.492 e. The van der Waals surface area contributed by atoms with Crippen molar-refractivity contribution in [2.24, 2.45) is 5.73 Å². The van der Waals surface area contributed by atoms with Crippen LogP contribution in [0.4, 0.5) is 0 Å². The summed E-state index contributed by atoms with van der Waals surface area (Å²) in [5, 5.41) is 0. The lowest BCUT2D eigenvalue weighted by atomic mass is 10.1. The molecule has 0 spiro atoms. The van der Waals surface area contributed by atoms with Crippen LogP contribution in [0.2, 0.25) is 0 Å². The van der Waals surface area contributed by atoms with Gasteiger partial charge in [0.1, 0.15) is 12.4 Å². The van der Waals surface area contributed by atoms with Crippen molar-refractivity contribution < 1.29 is 9.53 Å². The van der Waals surface area contributed by atoms with E-state index in [9.17, 15) is 4.79 Å². The van der Waals surface area contributed by atoms with Crippen molar-refractivity contribution in [3.8, 4) is 5.75 Å². The van der Waals surface area contributed by atoms with Crippen LogP contribution in [-0.2, 0) is 4.79 Å². The molecule has 1 rings (SSSR count). The van der Waals surface area contributed by atoms with Crippen LogP contribution in [0.3, 0.4) is 0 Å². The van der Waals surface area contributed by atoms with E-state index in [1.165, 1.54) is 11.1 Å². The van der Waals surface area contributed by atoms with E-state index >= 15 is 0 Å². The molecule has 0 bridgehead atoms. The number of hydrogen-bond donors (Lipinski definition) is 1. The molecule has 0 saturated carbocycles. The van der Waals surface area contributed by atoms with E-state index in [1.807, 2.05) is 32.9 Å². The molecule has 0 aliphatic carbocycles. The van der Waals surface area contributed by atoms with Gasteiger partial charge >= 0.3 is 0 Å². The summed E-state index contributed by atoms with van der Waals surface area (Å²) in [5.41, 5.74) is 8.06. The Morgan fingerprint density at radius 3 is 2.42 bits per heavy atom. The van der Waals surface area contributed by atoms with E-state index < -0.39 is 6.04 Å². The number of amides is 1. The lowest BCUT2D eigenvalue weighted by Gasteiger charge is -2.20. The summed E-state index contributed by atoms with van der Waals surface area (Å²) in [6.45, 7) is 7.00. The zero-order valence-electron chi connectivity index (χ0n) is 12.3. The predicted octanol–water partition coefficient (Wildman–Crippen LogP) is 1.88. The molecule has 0 heterocycles. The van der Waals surface area contributed by atoms with Crippen LogP contribution in [0.5, 0.6) is 5.75 Å². The quantitative estimate of drug-likeness (QED) is 0.853. The number of hydrogen-bond acceptors (Lipinski definition) is 3. The number of likely N-dealkylation sites (N-methyl/N-ethyl adjacent to an activating group) is 1. The van der Waals surface area contributed by atoms with Crippen molar-refractivity contribution in [1.82, 2.24) is 4.90 Å². The average Bonchev–Trinajstić information content (AvgIpc) is 2.35. The summed E-state index contributed by atoms with van der Waals surface area (Å²) in [4.78, 5) is 13.4. The Labute approximate surface area is 115 Å². The molecule has 0 saturated heterocycles. The summed E-state index contributed by atoms with van der Waals surface area (Å²) in [7, 11) is 1.75. The minimum atomic E-state index is -0.411. The fourth-order valence-corrected chi connectivity index (χ4v) is 1.88. The third-order valence-electron chi connectivity index (χ3n) is 3.02. The average molecular weight is 264 g/mol. The van der Waals surface area contributed by atoms with Crippen LogP contribution >= 0.6 is 0 Å². The topological polar surface area (TPSA) is 55.6 Å². The zero-order chi connectivity index (χ0) is 14.4. The van der Waals surface area contributed by atoms with Gasteiger partial charge in [-0.15, -0.1) is 0 Å². The number of nitrogens with zero attached hydrogens (tertiary/aromatic N) is 1. The molecule has 1 amide bonds. The van der Waals surface area contributed by atoms with Gasteiger partial charge in [0.15, 0.2) is 0 Å². The van der Waals surface area contributed by atoms with E-state index in [1.54, 1.807) is 11.9 Å². The highest BCUT2D eigenvalue weighted by Crippen LogP contribution is 2.16. The molecule has 2 N–H and O–H groups in total. The molecule has 106 valence electrons. The lowest BCUT2D eigenvalue weighted by Crippen LogP contribution is -2.42. The molecule has 0 radical (unpaired) electrons. The summed E-state index contributed by atoms with van der Waals surface area (Å²) in [6.07, 6.45) is 0.654. The van der Waals surface area contributed by atoms with Gasteiger partial charge in [0, 0.05) is 7.05 Å². The molecule has 0 aromatic heterocycles. The molecular formula is C15H24N2O2. The van der Waals surface area contributed by atoms with Crippen LogP contribution in [-0.4, -0.2) is 37.0 Å². The van der Waals surface area contributed by atoms with E-state index in [4.69, 9.17) is 10.5 Å². The molecule has 19 heavy (non-hydrogen) atoms. The van der Waals surface area contributed by atoms with Crippen LogP contribution in [0, 0.1) is 13.8 Å². The standard InChI is InChI=1S/C15H24N2O2/c1-5-14(16)15(18)17(4)6-7-19-13-9-11(2)8-12(3)10-13/h8-10,14H,5-7,16H2,1-4H3/t14-/m0/s1. The van der Waals surface area contributed by atoms with Crippen molar-refractivity contribution in [2.45, 2.75) is 33.2 Å². The molecule has 1 aromatic carbocycles. The highest BCUT2D eigenvalue weighted by molar-refractivity contribution is 5.81. The Hall–Kier alpha value is -1.55. The number of ether oxygens (including phenoxy) is 1. The molecule has 1 aromatic rings. The molecular weight excluding hydrogens is 240 g/mol. The van der Waals surface area contributed by atoms with Crippen LogP contribution in [0.1, 0.15) is 24.5 Å².